The van der Waals surface area contributed by atoms with Crippen molar-refractivity contribution in [2.45, 2.75) is 44.0 Å². The average Bonchev–Trinajstić information content (AvgIpc) is 3.61. The van der Waals surface area contributed by atoms with Crippen LogP contribution in [0.1, 0.15) is 53.4 Å². The van der Waals surface area contributed by atoms with Crippen molar-refractivity contribution in [3.05, 3.63) is 40.0 Å². The predicted octanol–water partition coefficient (Wildman–Crippen LogP) is 4.24. The molecule has 1 heterocycles. The van der Waals surface area contributed by atoms with Crippen molar-refractivity contribution in [2.24, 2.45) is 13.0 Å². The van der Waals surface area contributed by atoms with Gasteiger partial charge in [0.1, 0.15) is 17.4 Å². The number of nitrogens with zero attached hydrogens (tertiary/aromatic N) is 3. The topological polar surface area (TPSA) is 108 Å². The van der Waals surface area contributed by atoms with Crippen LogP contribution in [0.15, 0.2) is 18.2 Å². The quantitative estimate of drug-likeness (QED) is 0.582. The number of rotatable bonds is 6. The molecule has 1 atom stereocenters. The second-order valence-corrected chi connectivity index (χ2v) is 8.42. The molecule has 172 valence electrons. The lowest BCUT2D eigenvalue weighted by Crippen LogP contribution is -2.29. The van der Waals surface area contributed by atoms with E-state index in [2.05, 4.69) is 10.4 Å². The van der Waals surface area contributed by atoms with Crippen LogP contribution >= 0.6 is 11.6 Å². The van der Waals surface area contributed by atoms with E-state index in [4.69, 9.17) is 11.6 Å². The molecular weight excluding hydrogens is 453 g/mol. The van der Waals surface area contributed by atoms with Gasteiger partial charge in [0, 0.05) is 13.1 Å². The predicted molar refractivity (Wildman–Crippen MR) is 108 cm³/mol. The molecule has 2 aliphatic carbocycles. The van der Waals surface area contributed by atoms with Gasteiger partial charge >= 0.3 is 12.3 Å². The molecule has 2 saturated carbocycles. The number of hydrogen-bond acceptors (Lipinski definition) is 4. The molecule has 1 aromatic heterocycles. The Labute approximate surface area is 185 Å². The summed E-state index contributed by atoms with van der Waals surface area (Å²) in [5.41, 5.74) is -2.23. The van der Waals surface area contributed by atoms with Crippen molar-refractivity contribution in [3.63, 3.8) is 0 Å². The second kappa shape index (κ2) is 7.96. The van der Waals surface area contributed by atoms with E-state index in [0.29, 0.717) is 17.7 Å². The molecular formula is C20H20ClF3N4O4. The van der Waals surface area contributed by atoms with Gasteiger partial charge in [-0.1, -0.05) is 11.6 Å². The molecule has 0 radical (unpaired) electrons. The number of carboxylic acid groups (broad SMARTS) is 1. The maximum Gasteiger partial charge on any atom is 0.421 e. The van der Waals surface area contributed by atoms with Crippen molar-refractivity contribution < 1.29 is 33.0 Å². The van der Waals surface area contributed by atoms with Crippen LogP contribution in [0.4, 0.5) is 29.5 Å². The molecule has 0 aliphatic heterocycles. The summed E-state index contributed by atoms with van der Waals surface area (Å²) in [6.45, 7) is 0. The Hall–Kier alpha value is -2.79. The van der Waals surface area contributed by atoms with Gasteiger partial charge in [0.25, 0.3) is 5.91 Å². The highest BCUT2D eigenvalue weighted by Gasteiger charge is 2.47. The smallest absolute Gasteiger partial charge is 0.421 e. The third-order valence-corrected chi connectivity index (χ3v) is 5.77. The van der Waals surface area contributed by atoms with E-state index < -0.39 is 41.4 Å². The fourth-order valence-electron chi connectivity index (χ4n) is 3.55. The molecule has 1 unspecified atom stereocenters. The number of aliphatic hydroxyl groups excluding tert-OH is 1. The summed E-state index contributed by atoms with van der Waals surface area (Å²) >= 11 is 6.09. The number of aromatic nitrogens is 2. The minimum Gasteiger partial charge on any atom is -0.464 e. The Morgan fingerprint density at radius 1 is 1.28 bits per heavy atom. The van der Waals surface area contributed by atoms with Crippen LogP contribution in [0.3, 0.4) is 0 Å². The number of anilines is 2. The standard InChI is InChI=1S/C20H20ClF3N4O4/c1-27-18(14(20(22,23)24)15(26-27)16(29)9-2-3-9)28(19(31)32)11-6-7-13(21)12(8-11)17(30)25-10-4-5-10/h6-10,16,29H,2-5H2,1H3,(H,25,30)(H,31,32). The fraction of sp³-hybridized carbons (Fsp3) is 0.450. The third kappa shape index (κ3) is 4.26. The molecule has 4 rings (SSSR count). The zero-order valence-electron chi connectivity index (χ0n) is 16.9. The highest BCUT2D eigenvalue weighted by molar-refractivity contribution is 6.34. The second-order valence-electron chi connectivity index (χ2n) is 8.02. The van der Waals surface area contributed by atoms with Crippen LogP contribution in [0.2, 0.25) is 5.02 Å². The Kier molecular flexibility index (Phi) is 5.58. The van der Waals surface area contributed by atoms with E-state index in [1.165, 1.54) is 19.2 Å². The molecule has 2 aromatic rings. The van der Waals surface area contributed by atoms with Crippen molar-refractivity contribution in [3.8, 4) is 0 Å². The van der Waals surface area contributed by atoms with Crippen LogP contribution in [0.5, 0.6) is 0 Å². The fourth-order valence-corrected chi connectivity index (χ4v) is 3.75. The number of aryl methyl sites for hydroxylation is 1. The van der Waals surface area contributed by atoms with E-state index in [-0.39, 0.29) is 28.2 Å². The van der Waals surface area contributed by atoms with Crippen LogP contribution in [0, 0.1) is 5.92 Å². The van der Waals surface area contributed by atoms with Gasteiger partial charge in [0.05, 0.1) is 16.3 Å². The first-order valence-electron chi connectivity index (χ1n) is 9.94. The normalized spacial score (nSPS) is 17.2. The molecule has 2 fully saturated rings. The summed E-state index contributed by atoms with van der Waals surface area (Å²) < 4.78 is 42.9. The Morgan fingerprint density at radius 3 is 2.47 bits per heavy atom. The summed E-state index contributed by atoms with van der Waals surface area (Å²) in [5, 5.41) is 26.8. The maximum absolute atomic E-state index is 14.1. The number of carbonyl (C=O) groups excluding carboxylic acids is 1. The van der Waals surface area contributed by atoms with Crippen LogP contribution in [0.25, 0.3) is 0 Å². The van der Waals surface area contributed by atoms with Crippen molar-refractivity contribution in [2.75, 3.05) is 4.90 Å². The van der Waals surface area contributed by atoms with E-state index in [9.17, 15) is 33.0 Å². The Bertz CT molecular complexity index is 1080. The molecule has 12 heteroatoms. The van der Waals surface area contributed by atoms with Gasteiger partial charge in [-0.2, -0.15) is 18.3 Å². The van der Waals surface area contributed by atoms with Crippen LogP contribution in [-0.4, -0.2) is 38.0 Å². The molecule has 2 amide bonds. The number of hydrogen-bond donors (Lipinski definition) is 3. The van der Waals surface area contributed by atoms with Crippen molar-refractivity contribution in [1.29, 1.82) is 0 Å². The summed E-state index contributed by atoms with van der Waals surface area (Å²) in [5.74, 6) is -1.68. The van der Waals surface area contributed by atoms with E-state index in [1.54, 1.807) is 0 Å². The van der Waals surface area contributed by atoms with Crippen LogP contribution in [-0.2, 0) is 13.2 Å². The zero-order valence-corrected chi connectivity index (χ0v) is 17.6. The molecule has 0 bridgehead atoms. The van der Waals surface area contributed by atoms with Gasteiger partial charge in [-0.25, -0.2) is 9.69 Å². The van der Waals surface area contributed by atoms with Crippen molar-refractivity contribution >= 4 is 35.1 Å². The van der Waals surface area contributed by atoms with E-state index in [0.717, 1.165) is 23.6 Å². The molecule has 32 heavy (non-hydrogen) atoms. The molecule has 0 saturated heterocycles. The lowest BCUT2D eigenvalue weighted by Gasteiger charge is -2.23. The van der Waals surface area contributed by atoms with E-state index >= 15 is 0 Å². The number of nitrogens with one attached hydrogen (secondary N) is 1. The molecule has 0 spiro atoms. The van der Waals surface area contributed by atoms with E-state index in [1.807, 2.05) is 0 Å². The van der Waals surface area contributed by atoms with Gasteiger partial charge in [-0.05, 0) is 49.8 Å². The molecule has 3 N–H and O–H groups in total. The lowest BCUT2D eigenvalue weighted by atomic mass is 10.1. The summed E-state index contributed by atoms with van der Waals surface area (Å²) in [4.78, 5) is 25.0. The lowest BCUT2D eigenvalue weighted by molar-refractivity contribution is -0.138. The van der Waals surface area contributed by atoms with Gasteiger partial charge < -0.3 is 15.5 Å². The maximum atomic E-state index is 14.1. The molecule has 8 nitrogen and oxygen atoms in total. The van der Waals surface area contributed by atoms with Gasteiger partial charge in [-0.3, -0.25) is 9.48 Å². The number of aliphatic hydroxyl groups is 1. The van der Waals surface area contributed by atoms with Gasteiger partial charge in [-0.15, -0.1) is 0 Å². The number of benzene rings is 1. The zero-order chi connectivity index (χ0) is 23.4. The van der Waals surface area contributed by atoms with Crippen molar-refractivity contribution in [1.82, 2.24) is 15.1 Å². The first kappa shape index (κ1) is 22.4. The average molecular weight is 473 g/mol. The first-order valence-corrected chi connectivity index (χ1v) is 10.3. The highest BCUT2D eigenvalue weighted by Crippen LogP contribution is 2.48. The summed E-state index contributed by atoms with van der Waals surface area (Å²) in [6, 6.07) is 3.57. The highest BCUT2D eigenvalue weighted by atomic mass is 35.5. The first-order chi connectivity index (χ1) is 15.0. The third-order valence-electron chi connectivity index (χ3n) is 5.44. The monoisotopic (exact) mass is 472 g/mol. The Balaban J connectivity index is 1.83. The number of amides is 2. The minimum absolute atomic E-state index is 0.00169. The molecule has 2 aliphatic rings. The summed E-state index contributed by atoms with van der Waals surface area (Å²) in [7, 11) is 1.17. The van der Waals surface area contributed by atoms with Gasteiger partial charge in [0.2, 0.25) is 0 Å². The number of alkyl halides is 3. The molecule has 1 aromatic carbocycles. The SMILES string of the molecule is Cn1nc(C(O)C2CC2)c(C(F)(F)F)c1N(C(=O)O)c1ccc(Cl)c(C(=O)NC2CC2)c1. The van der Waals surface area contributed by atoms with Gasteiger partial charge in [0.15, 0.2) is 5.82 Å². The number of carbonyl (C=O) groups is 2. The largest absolute Gasteiger partial charge is 0.464 e. The number of halogens is 4. The van der Waals surface area contributed by atoms with Crippen LogP contribution < -0.4 is 10.2 Å². The minimum atomic E-state index is -4.99. The Morgan fingerprint density at radius 2 is 1.94 bits per heavy atom. The summed E-state index contributed by atoms with van der Waals surface area (Å²) in [6.07, 6.45) is -5.44.